The van der Waals surface area contributed by atoms with E-state index in [2.05, 4.69) is 21.2 Å². The third-order valence-electron chi connectivity index (χ3n) is 3.11. The van der Waals surface area contributed by atoms with E-state index >= 15 is 0 Å². The maximum Gasteiger partial charge on any atom is 0.259 e. The standard InChI is InChI=1S/C18H20BrNO3S/c1-12(2)23-17-10-14(19)7-8-16(17)18(21)20-15-6-4-5-13(9-15)11-24(3)22/h4-10,12H,11H2,1-3H3,(H,20,21). The van der Waals surface area contributed by atoms with E-state index in [4.69, 9.17) is 4.74 Å². The first kappa shape index (κ1) is 18.7. The van der Waals surface area contributed by atoms with Gasteiger partial charge >= 0.3 is 0 Å². The Kier molecular flexibility index (Phi) is 6.57. The summed E-state index contributed by atoms with van der Waals surface area (Å²) in [7, 11) is -0.924. The van der Waals surface area contributed by atoms with Crippen LogP contribution in [0, 0.1) is 0 Å². The van der Waals surface area contributed by atoms with Gasteiger partial charge in [0.05, 0.1) is 11.7 Å². The largest absolute Gasteiger partial charge is 0.490 e. The number of carbonyl (C=O) groups excluding carboxylic acids is 1. The molecule has 0 aliphatic heterocycles. The van der Waals surface area contributed by atoms with Crippen molar-refractivity contribution >= 4 is 38.3 Å². The smallest absolute Gasteiger partial charge is 0.259 e. The van der Waals surface area contributed by atoms with Gasteiger partial charge in [-0.1, -0.05) is 28.1 Å². The first-order valence-electron chi connectivity index (χ1n) is 7.51. The van der Waals surface area contributed by atoms with Crippen LogP contribution < -0.4 is 10.1 Å². The third-order valence-corrected chi connectivity index (χ3v) is 4.34. The normalized spacial score (nSPS) is 12.0. The Labute approximate surface area is 153 Å². The van der Waals surface area contributed by atoms with E-state index in [9.17, 15) is 9.00 Å². The van der Waals surface area contributed by atoms with Gasteiger partial charge < -0.3 is 10.1 Å². The molecular formula is C18H20BrNO3S. The van der Waals surface area contributed by atoms with Crippen molar-refractivity contribution in [1.29, 1.82) is 0 Å². The van der Waals surface area contributed by atoms with Crippen molar-refractivity contribution in [1.82, 2.24) is 0 Å². The Morgan fingerprint density at radius 1 is 1.25 bits per heavy atom. The Morgan fingerprint density at radius 3 is 2.67 bits per heavy atom. The van der Waals surface area contributed by atoms with Gasteiger partial charge in [0.15, 0.2) is 0 Å². The summed E-state index contributed by atoms with van der Waals surface area (Å²) < 4.78 is 17.9. The van der Waals surface area contributed by atoms with Crippen LogP contribution in [-0.2, 0) is 16.6 Å². The number of amides is 1. The molecule has 1 unspecified atom stereocenters. The molecule has 0 saturated carbocycles. The number of nitrogens with one attached hydrogen (secondary N) is 1. The lowest BCUT2D eigenvalue weighted by Crippen LogP contribution is -2.16. The SMILES string of the molecule is CC(C)Oc1cc(Br)ccc1C(=O)Nc1cccc(CS(C)=O)c1. The average molecular weight is 410 g/mol. The minimum Gasteiger partial charge on any atom is -0.490 e. The van der Waals surface area contributed by atoms with Gasteiger partial charge in [-0.25, -0.2) is 0 Å². The summed E-state index contributed by atoms with van der Waals surface area (Å²) in [4.78, 5) is 12.6. The molecule has 128 valence electrons. The van der Waals surface area contributed by atoms with Gasteiger partial charge in [0.1, 0.15) is 5.75 Å². The number of benzene rings is 2. The quantitative estimate of drug-likeness (QED) is 0.770. The van der Waals surface area contributed by atoms with Crippen LogP contribution >= 0.6 is 15.9 Å². The first-order chi connectivity index (χ1) is 11.3. The summed E-state index contributed by atoms with van der Waals surface area (Å²) in [5.74, 6) is 0.750. The van der Waals surface area contributed by atoms with E-state index in [0.717, 1.165) is 10.0 Å². The summed E-state index contributed by atoms with van der Waals surface area (Å²) in [5, 5.41) is 2.87. The third kappa shape index (κ3) is 5.46. The van der Waals surface area contributed by atoms with Gasteiger partial charge in [-0.05, 0) is 49.7 Å². The van der Waals surface area contributed by atoms with Crippen molar-refractivity contribution in [2.24, 2.45) is 0 Å². The highest BCUT2D eigenvalue weighted by Crippen LogP contribution is 2.26. The van der Waals surface area contributed by atoms with Crippen LogP contribution in [0.5, 0.6) is 5.75 Å². The fraction of sp³-hybridized carbons (Fsp3) is 0.278. The van der Waals surface area contributed by atoms with Crippen molar-refractivity contribution in [2.45, 2.75) is 25.7 Å². The summed E-state index contributed by atoms with van der Waals surface area (Å²) in [5.41, 5.74) is 2.06. The molecule has 1 amide bonds. The molecule has 0 aliphatic rings. The monoisotopic (exact) mass is 409 g/mol. The second kappa shape index (κ2) is 8.44. The zero-order chi connectivity index (χ0) is 17.7. The van der Waals surface area contributed by atoms with Gasteiger partial charge in [0.2, 0.25) is 0 Å². The molecule has 2 aromatic rings. The molecule has 4 nitrogen and oxygen atoms in total. The lowest BCUT2D eigenvalue weighted by Gasteiger charge is -2.15. The van der Waals surface area contributed by atoms with Gasteiger partial charge in [0, 0.05) is 33.0 Å². The molecule has 1 N–H and O–H groups in total. The lowest BCUT2D eigenvalue weighted by molar-refractivity contribution is 0.102. The second-order valence-corrected chi connectivity index (χ2v) is 8.03. The Morgan fingerprint density at radius 2 is 2.00 bits per heavy atom. The molecule has 0 heterocycles. The molecule has 1 atom stereocenters. The highest BCUT2D eigenvalue weighted by molar-refractivity contribution is 9.10. The second-order valence-electron chi connectivity index (χ2n) is 5.68. The van der Waals surface area contributed by atoms with Crippen LogP contribution in [0.1, 0.15) is 29.8 Å². The van der Waals surface area contributed by atoms with Crippen molar-refractivity contribution in [3.8, 4) is 5.75 Å². The molecule has 0 fully saturated rings. The number of halogens is 1. The van der Waals surface area contributed by atoms with E-state index in [1.165, 1.54) is 0 Å². The predicted molar refractivity (Wildman–Crippen MR) is 102 cm³/mol. The highest BCUT2D eigenvalue weighted by Gasteiger charge is 2.14. The van der Waals surface area contributed by atoms with Crippen LogP contribution in [0.4, 0.5) is 5.69 Å². The van der Waals surface area contributed by atoms with E-state index in [-0.39, 0.29) is 12.0 Å². The number of rotatable bonds is 6. The molecule has 0 radical (unpaired) electrons. The number of hydrogen-bond acceptors (Lipinski definition) is 3. The average Bonchev–Trinajstić information content (AvgIpc) is 2.46. The van der Waals surface area contributed by atoms with Crippen LogP contribution in [0.15, 0.2) is 46.9 Å². The van der Waals surface area contributed by atoms with Gasteiger partial charge in [0.25, 0.3) is 5.91 Å². The zero-order valence-corrected chi connectivity index (χ0v) is 16.2. The Bertz CT molecular complexity index is 762. The minimum absolute atomic E-state index is 0.0336. The summed E-state index contributed by atoms with van der Waals surface area (Å²) in [6.45, 7) is 3.83. The maximum atomic E-state index is 12.6. The Balaban J connectivity index is 2.22. The molecule has 0 aromatic heterocycles. The maximum absolute atomic E-state index is 12.6. The lowest BCUT2D eigenvalue weighted by atomic mass is 10.1. The van der Waals surface area contributed by atoms with E-state index < -0.39 is 10.8 Å². The van der Waals surface area contributed by atoms with Gasteiger partial charge in [-0.15, -0.1) is 0 Å². The minimum atomic E-state index is -0.924. The van der Waals surface area contributed by atoms with Crippen molar-refractivity contribution < 1.29 is 13.7 Å². The topological polar surface area (TPSA) is 55.4 Å². The first-order valence-corrected chi connectivity index (χ1v) is 10.0. The number of carbonyl (C=O) groups is 1. The van der Waals surface area contributed by atoms with Gasteiger partial charge in [-0.3, -0.25) is 9.00 Å². The number of hydrogen-bond donors (Lipinski definition) is 1. The predicted octanol–water partition coefficient (Wildman–Crippen LogP) is 4.37. The molecular weight excluding hydrogens is 390 g/mol. The fourth-order valence-electron chi connectivity index (χ4n) is 2.21. The molecule has 2 rings (SSSR count). The zero-order valence-electron chi connectivity index (χ0n) is 13.8. The van der Waals surface area contributed by atoms with E-state index in [0.29, 0.717) is 22.8 Å². The summed E-state index contributed by atoms with van der Waals surface area (Å²) >= 11 is 3.39. The van der Waals surface area contributed by atoms with Crippen molar-refractivity contribution in [3.05, 3.63) is 58.1 Å². The van der Waals surface area contributed by atoms with Crippen LogP contribution in [-0.4, -0.2) is 22.5 Å². The molecule has 0 saturated heterocycles. The Hall–Kier alpha value is -1.66. The van der Waals surface area contributed by atoms with Crippen molar-refractivity contribution in [3.63, 3.8) is 0 Å². The number of anilines is 1. The van der Waals surface area contributed by atoms with E-state index in [1.807, 2.05) is 38.1 Å². The van der Waals surface area contributed by atoms with Crippen LogP contribution in [0.3, 0.4) is 0 Å². The number of ether oxygens (including phenoxy) is 1. The van der Waals surface area contributed by atoms with Gasteiger partial charge in [-0.2, -0.15) is 0 Å². The highest BCUT2D eigenvalue weighted by atomic mass is 79.9. The fourth-order valence-corrected chi connectivity index (χ4v) is 3.20. The molecule has 0 bridgehead atoms. The van der Waals surface area contributed by atoms with Crippen molar-refractivity contribution in [2.75, 3.05) is 11.6 Å². The molecule has 0 aliphatic carbocycles. The van der Waals surface area contributed by atoms with E-state index in [1.54, 1.807) is 24.5 Å². The van der Waals surface area contributed by atoms with Crippen LogP contribution in [0.2, 0.25) is 0 Å². The summed E-state index contributed by atoms with van der Waals surface area (Å²) in [6, 6.07) is 12.7. The molecule has 24 heavy (non-hydrogen) atoms. The molecule has 2 aromatic carbocycles. The van der Waals surface area contributed by atoms with Crippen LogP contribution in [0.25, 0.3) is 0 Å². The molecule has 6 heteroatoms. The molecule has 0 spiro atoms. The summed E-state index contributed by atoms with van der Waals surface area (Å²) in [6.07, 6.45) is 1.62.